The first-order valence-corrected chi connectivity index (χ1v) is 5.52. The molecule has 1 N–H and O–H groups in total. The molecule has 1 aromatic rings. The van der Waals surface area contributed by atoms with Crippen molar-refractivity contribution >= 4 is 5.91 Å². The molecule has 0 aliphatic carbocycles. The molecular weight excluding hydrogens is 224 g/mol. The van der Waals surface area contributed by atoms with Crippen LogP contribution in [0.1, 0.15) is 37.6 Å². The molecule has 0 unspecified atom stereocenters. The van der Waals surface area contributed by atoms with Gasteiger partial charge in [0.2, 0.25) is 0 Å². The summed E-state index contributed by atoms with van der Waals surface area (Å²) in [7, 11) is 0. The van der Waals surface area contributed by atoms with Gasteiger partial charge in [0.15, 0.2) is 0 Å². The van der Waals surface area contributed by atoms with E-state index in [0.717, 1.165) is 24.6 Å². The number of carbonyl (C=O) groups excluding carboxylic acids is 1. The normalized spacial score (nSPS) is 11.4. The quantitative estimate of drug-likeness (QED) is 0.865. The van der Waals surface area contributed by atoms with Crippen LogP contribution in [0.4, 0.5) is 8.78 Å². The second kappa shape index (κ2) is 5.25. The number of carbonyl (C=O) groups is 1. The lowest BCUT2D eigenvalue weighted by Gasteiger charge is -2.18. The summed E-state index contributed by atoms with van der Waals surface area (Å²) in [6, 6.07) is 2.79. The minimum absolute atomic E-state index is 0.0106. The first kappa shape index (κ1) is 13.6. The molecule has 0 saturated heterocycles. The minimum Gasteiger partial charge on any atom is -0.352 e. The van der Waals surface area contributed by atoms with Crippen molar-refractivity contribution in [2.24, 2.45) is 5.41 Å². The highest BCUT2D eigenvalue weighted by Gasteiger charge is 2.12. The van der Waals surface area contributed by atoms with Crippen LogP contribution in [0.2, 0.25) is 0 Å². The van der Waals surface area contributed by atoms with Crippen molar-refractivity contribution in [3.8, 4) is 0 Å². The van der Waals surface area contributed by atoms with Gasteiger partial charge in [0.05, 0.1) is 0 Å². The Bertz CT molecular complexity index is 390. The fourth-order valence-electron chi connectivity index (χ4n) is 1.34. The summed E-state index contributed by atoms with van der Waals surface area (Å²) in [5.74, 6) is -1.94. The van der Waals surface area contributed by atoms with Gasteiger partial charge in [-0.05, 0) is 24.0 Å². The van der Waals surface area contributed by atoms with Crippen LogP contribution < -0.4 is 5.32 Å². The Morgan fingerprint density at radius 1 is 1.18 bits per heavy atom. The molecule has 0 aliphatic heterocycles. The highest BCUT2D eigenvalue weighted by Crippen LogP contribution is 2.17. The molecule has 2 nitrogen and oxygen atoms in total. The summed E-state index contributed by atoms with van der Waals surface area (Å²) in [4.78, 5) is 11.6. The van der Waals surface area contributed by atoms with Crippen molar-refractivity contribution in [1.29, 1.82) is 0 Å². The van der Waals surface area contributed by atoms with Crippen molar-refractivity contribution in [2.45, 2.75) is 27.2 Å². The molecule has 0 radical (unpaired) electrons. The molecule has 4 heteroatoms. The molecule has 1 amide bonds. The van der Waals surface area contributed by atoms with Gasteiger partial charge in [-0.2, -0.15) is 0 Å². The lowest BCUT2D eigenvalue weighted by atomic mass is 9.92. The Morgan fingerprint density at radius 2 is 1.71 bits per heavy atom. The van der Waals surface area contributed by atoms with E-state index in [9.17, 15) is 13.6 Å². The molecule has 1 rings (SSSR count). The van der Waals surface area contributed by atoms with Crippen molar-refractivity contribution in [3.05, 3.63) is 35.4 Å². The first-order chi connectivity index (χ1) is 7.78. The third-order valence-electron chi connectivity index (χ3n) is 2.29. The zero-order valence-corrected chi connectivity index (χ0v) is 10.3. The van der Waals surface area contributed by atoms with E-state index in [1.807, 2.05) is 0 Å². The van der Waals surface area contributed by atoms with E-state index in [-0.39, 0.29) is 11.0 Å². The van der Waals surface area contributed by atoms with Gasteiger partial charge in [0, 0.05) is 18.2 Å². The molecule has 0 heterocycles. The number of amides is 1. The molecule has 1 aromatic carbocycles. The van der Waals surface area contributed by atoms with Crippen LogP contribution in [0.25, 0.3) is 0 Å². The predicted octanol–water partition coefficient (Wildman–Crippen LogP) is 3.13. The van der Waals surface area contributed by atoms with Crippen molar-refractivity contribution < 1.29 is 13.6 Å². The number of hydrogen-bond acceptors (Lipinski definition) is 1. The molecular formula is C13H17F2NO. The van der Waals surface area contributed by atoms with Gasteiger partial charge in [-0.15, -0.1) is 0 Å². The first-order valence-electron chi connectivity index (χ1n) is 5.52. The molecule has 0 spiro atoms. The van der Waals surface area contributed by atoms with E-state index >= 15 is 0 Å². The van der Waals surface area contributed by atoms with E-state index in [0.29, 0.717) is 6.54 Å². The second-order valence-corrected chi connectivity index (χ2v) is 5.22. The highest BCUT2D eigenvalue weighted by atomic mass is 19.1. The van der Waals surface area contributed by atoms with Crippen LogP contribution in [0.15, 0.2) is 18.2 Å². The second-order valence-electron chi connectivity index (χ2n) is 5.22. The number of nitrogens with one attached hydrogen (secondary N) is 1. The number of hydrogen-bond donors (Lipinski definition) is 1. The highest BCUT2D eigenvalue weighted by molar-refractivity contribution is 5.94. The molecule has 0 bridgehead atoms. The largest absolute Gasteiger partial charge is 0.352 e. The van der Waals surface area contributed by atoms with E-state index in [1.54, 1.807) is 0 Å². The van der Waals surface area contributed by atoms with Crippen LogP contribution in [0.3, 0.4) is 0 Å². The maximum atomic E-state index is 12.9. The van der Waals surface area contributed by atoms with Crippen LogP contribution >= 0.6 is 0 Å². The van der Waals surface area contributed by atoms with Gasteiger partial charge in [-0.1, -0.05) is 20.8 Å². The molecule has 0 saturated carbocycles. The summed E-state index contributed by atoms with van der Waals surface area (Å²) < 4.78 is 25.8. The predicted molar refractivity (Wildman–Crippen MR) is 62.8 cm³/mol. The van der Waals surface area contributed by atoms with Gasteiger partial charge < -0.3 is 5.32 Å². The van der Waals surface area contributed by atoms with Crippen molar-refractivity contribution in [3.63, 3.8) is 0 Å². The molecule has 17 heavy (non-hydrogen) atoms. The van der Waals surface area contributed by atoms with E-state index in [1.165, 1.54) is 0 Å². The molecule has 0 aliphatic rings. The zero-order valence-electron chi connectivity index (χ0n) is 10.3. The van der Waals surface area contributed by atoms with Gasteiger partial charge in [-0.3, -0.25) is 4.79 Å². The van der Waals surface area contributed by atoms with Crippen LogP contribution in [-0.2, 0) is 0 Å². The van der Waals surface area contributed by atoms with Gasteiger partial charge in [-0.25, -0.2) is 8.78 Å². The van der Waals surface area contributed by atoms with Crippen molar-refractivity contribution in [2.75, 3.05) is 6.54 Å². The number of benzene rings is 1. The SMILES string of the molecule is CC(C)(C)CCNC(=O)c1cc(F)cc(F)c1. The molecule has 0 fully saturated rings. The fourth-order valence-corrected chi connectivity index (χ4v) is 1.34. The van der Waals surface area contributed by atoms with Crippen molar-refractivity contribution in [1.82, 2.24) is 5.32 Å². The number of halogens is 2. The minimum atomic E-state index is -0.744. The zero-order chi connectivity index (χ0) is 13.1. The van der Waals surface area contributed by atoms with E-state index in [2.05, 4.69) is 26.1 Å². The lowest BCUT2D eigenvalue weighted by molar-refractivity contribution is 0.0948. The average molecular weight is 241 g/mol. The Morgan fingerprint density at radius 3 is 2.18 bits per heavy atom. The van der Waals surface area contributed by atoms with Gasteiger partial charge in [0.25, 0.3) is 5.91 Å². The summed E-state index contributed by atoms with van der Waals surface area (Å²) in [6.45, 7) is 6.66. The van der Waals surface area contributed by atoms with Crippen LogP contribution in [-0.4, -0.2) is 12.5 Å². The maximum Gasteiger partial charge on any atom is 0.251 e. The monoisotopic (exact) mass is 241 g/mol. The Hall–Kier alpha value is -1.45. The molecule has 0 aromatic heterocycles. The summed E-state index contributed by atoms with van der Waals surface area (Å²) in [6.07, 6.45) is 0.802. The topological polar surface area (TPSA) is 29.1 Å². The lowest BCUT2D eigenvalue weighted by Crippen LogP contribution is -2.27. The van der Waals surface area contributed by atoms with Crippen LogP contribution in [0, 0.1) is 17.0 Å². The Balaban J connectivity index is 2.58. The maximum absolute atomic E-state index is 12.9. The summed E-state index contributed by atoms with van der Waals surface area (Å²) in [5, 5.41) is 2.64. The average Bonchev–Trinajstić information content (AvgIpc) is 2.13. The smallest absolute Gasteiger partial charge is 0.251 e. The Kier molecular flexibility index (Phi) is 4.21. The molecule has 94 valence electrons. The van der Waals surface area contributed by atoms with Gasteiger partial charge >= 0.3 is 0 Å². The van der Waals surface area contributed by atoms with Gasteiger partial charge in [0.1, 0.15) is 11.6 Å². The van der Waals surface area contributed by atoms with E-state index in [4.69, 9.17) is 0 Å². The summed E-state index contributed by atoms with van der Waals surface area (Å²) in [5.41, 5.74) is 0.122. The standard InChI is InChI=1S/C13H17F2NO/c1-13(2,3)4-5-16-12(17)9-6-10(14)8-11(15)7-9/h6-8H,4-5H2,1-3H3,(H,16,17). The Labute approximate surface area is 100 Å². The number of rotatable bonds is 3. The molecule has 0 atom stereocenters. The third kappa shape index (κ3) is 4.93. The van der Waals surface area contributed by atoms with Crippen LogP contribution in [0.5, 0.6) is 0 Å². The summed E-state index contributed by atoms with van der Waals surface area (Å²) >= 11 is 0. The third-order valence-corrected chi connectivity index (χ3v) is 2.29. The fraction of sp³-hybridized carbons (Fsp3) is 0.462. The van der Waals surface area contributed by atoms with E-state index < -0.39 is 17.5 Å².